The van der Waals surface area contributed by atoms with Crippen LogP contribution in [0, 0.1) is 0 Å². The lowest BCUT2D eigenvalue weighted by molar-refractivity contribution is 0.554. The van der Waals surface area contributed by atoms with Gasteiger partial charge in [-0.2, -0.15) is 0 Å². The van der Waals surface area contributed by atoms with Gasteiger partial charge in [-0.05, 0) is 42.2 Å². The molecule has 0 saturated heterocycles. The second-order valence-corrected chi connectivity index (χ2v) is 7.60. The number of rotatable bonds is 3. The minimum Gasteiger partial charge on any atom is -0.207 e. The topological polar surface area (TPSA) is 46.2 Å². The van der Waals surface area contributed by atoms with E-state index in [1.165, 1.54) is 23.8 Å². The van der Waals surface area contributed by atoms with Gasteiger partial charge >= 0.3 is 0 Å². The molecular formula is C15H13Cl2NO2S. The average molecular weight is 342 g/mol. The predicted octanol–water partition coefficient (Wildman–Crippen LogP) is 3.96. The molecule has 0 unspecified atom stereocenters. The number of fused-ring (bicyclic) bond motifs is 1. The Kier molecular flexibility index (Phi) is 3.97. The molecule has 0 fully saturated rings. The molecular weight excluding hydrogens is 329 g/mol. The first-order chi connectivity index (χ1) is 9.95. The highest BCUT2D eigenvalue weighted by molar-refractivity contribution is 7.89. The van der Waals surface area contributed by atoms with Gasteiger partial charge in [-0.15, -0.1) is 0 Å². The summed E-state index contributed by atoms with van der Waals surface area (Å²) >= 11 is 11.8. The lowest BCUT2D eigenvalue weighted by atomic mass is 10.1. The lowest BCUT2D eigenvalue weighted by Crippen LogP contribution is -2.27. The van der Waals surface area contributed by atoms with Gasteiger partial charge in [0.25, 0.3) is 0 Å². The Balaban J connectivity index is 1.91. The first kappa shape index (κ1) is 14.9. The van der Waals surface area contributed by atoms with E-state index in [9.17, 15) is 8.42 Å². The van der Waals surface area contributed by atoms with Crippen molar-refractivity contribution in [1.82, 2.24) is 4.72 Å². The van der Waals surface area contributed by atoms with Crippen molar-refractivity contribution in [1.29, 1.82) is 0 Å². The number of benzene rings is 2. The highest BCUT2D eigenvalue weighted by atomic mass is 35.5. The molecule has 0 bridgehead atoms. The molecule has 0 aromatic heterocycles. The number of nitrogens with one attached hydrogen (secondary N) is 1. The van der Waals surface area contributed by atoms with E-state index in [1.807, 2.05) is 24.3 Å². The minimum absolute atomic E-state index is 0.0874. The van der Waals surface area contributed by atoms with Crippen LogP contribution in [0.3, 0.4) is 0 Å². The van der Waals surface area contributed by atoms with Gasteiger partial charge in [0.1, 0.15) is 0 Å². The van der Waals surface area contributed by atoms with Gasteiger partial charge in [0.15, 0.2) is 0 Å². The van der Waals surface area contributed by atoms with Crippen LogP contribution in [0.25, 0.3) is 0 Å². The van der Waals surface area contributed by atoms with Crippen molar-refractivity contribution < 1.29 is 8.42 Å². The summed E-state index contributed by atoms with van der Waals surface area (Å²) in [5.74, 6) is 0. The third-order valence-electron chi connectivity index (χ3n) is 3.58. The molecule has 21 heavy (non-hydrogen) atoms. The maximum Gasteiger partial charge on any atom is 0.241 e. The maximum atomic E-state index is 12.5. The Morgan fingerprint density at radius 1 is 1.05 bits per heavy atom. The van der Waals surface area contributed by atoms with Crippen molar-refractivity contribution in [2.45, 2.75) is 23.8 Å². The molecule has 0 saturated carbocycles. The fourth-order valence-corrected chi connectivity index (χ4v) is 4.59. The van der Waals surface area contributed by atoms with Gasteiger partial charge < -0.3 is 0 Å². The average Bonchev–Trinajstić information content (AvgIpc) is 2.81. The summed E-state index contributed by atoms with van der Waals surface area (Å²) in [6.07, 6.45) is 1.63. The van der Waals surface area contributed by atoms with Crippen LogP contribution in [0.1, 0.15) is 23.6 Å². The number of sulfonamides is 1. The van der Waals surface area contributed by atoms with Crippen LogP contribution in [-0.2, 0) is 16.4 Å². The molecule has 0 heterocycles. The van der Waals surface area contributed by atoms with E-state index in [0.29, 0.717) is 10.0 Å². The molecule has 2 aromatic rings. The zero-order chi connectivity index (χ0) is 15.0. The van der Waals surface area contributed by atoms with Crippen LogP contribution in [0.2, 0.25) is 10.0 Å². The zero-order valence-electron chi connectivity index (χ0n) is 11.0. The molecule has 1 aliphatic rings. The molecule has 6 heteroatoms. The van der Waals surface area contributed by atoms with Gasteiger partial charge in [0.2, 0.25) is 10.0 Å². The van der Waals surface area contributed by atoms with E-state index in [2.05, 4.69) is 4.72 Å². The van der Waals surface area contributed by atoms with Crippen molar-refractivity contribution in [3.05, 3.63) is 63.6 Å². The van der Waals surface area contributed by atoms with Crippen LogP contribution in [0.5, 0.6) is 0 Å². The number of hydrogen-bond acceptors (Lipinski definition) is 2. The molecule has 0 amide bonds. The second-order valence-electron chi connectivity index (χ2n) is 5.02. The van der Waals surface area contributed by atoms with Crippen molar-refractivity contribution in [2.24, 2.45) is 0 Å². The molecule has 0 spiro atoms. The summed E-state index contributed by atoms with van der Waals surface area (Å²) in [6.45, 7) is 0. The summed E-state index contributed by atoms with van der Waals surface area (Å²) in [4.78, 5) is 0.0874. The van der Waals surface area contributed by atoms with Crippen LogP contribution < -0.4 is 4.72 Å². The van der Waals surface area contributed by atoms with E-state index in [-0.39, 0.29) is 10.9 Å². The van der Waals surface area contributed by atoms with Gasteiger partial charge in [-0.1, -0.05) is 47.5 Å². The Bertz CT molecular complexity index is 770. The first-order valence-electron chi connectivity index (χ1n) is 6.52. The third kappa shape index (κ3) is 3.09. The summed E-state index contributed by atoms with van der Waals surface area (Å²) in [7, 11) is -3.65. The smallest absolute Gasteiger partial charge is 0.207 e. The molecule has 2 aromatic carbocycles. The van der Waals surface area contributed by atoms with Gasteiger partial charge in [-0.3, -0.25) is 0 Å². The molecule has 110 valence electrons. The Morgan fingerprint density at radius 2 is 1.71 bits per heavy atom. The Morgan fingerprint density at radius 3 is 2.43 bits per heavy atom. The summed E-state index contributed by atoms with van der Waals surface area (Å²) < 4.78 is 27.7. The quantitative estimate of drug-likeness (QED) is 0.918. The fourth-order valence-electron chi connectivity index (χ4n) is 2.62. The fraction of sp³-hybridized carbons (Fsp3) is 0.200. The van der Waals surface area contributed by atoms with E-state index in [0.717, 1.165) is 18.4 Å². The maximum absolute atomic E-state index is 12.5. The summed E-state index contributed by atoms with van der Waals surface area (Å²) in [5.41, 5.74) is 2.23. The zero-order valence-corrected chi connectivity index (χ0v) is 13.3. The largest absolute Gasteiger partial charge is 0.241 e. The monoisotopic (exact) mass is 341 g/mol. The Hall–Kier alpha value is -1.07. The van der Waals surface area contributed by atoms with Crippen LogP contribution in [0.15, 0.2) is 47.4 Å². The summed E-state index contributed by atoms with van der Waals surface area (Å²) in [6, 6.07) is 12.0. The van der Waals surface area contributed by atoms with E-state index >= 15 is 0 Å². The first-order valence-corrected chi connectivity index (χ1v) is 8.76. The summed E-state index contributed by atoms with van der Waals surface area (Å²) in [5, 5.41) is 0.601. The molecule has 3 rings (SSSR count). The van der Waals surface area contributed by atoms with Gasteiger partial charge in [-0.25, -0.2) is 13.1 Å². The van der Waals surface area contributed by atoms with Gasteiger partial charge in [0, 0.05) is 16.1 Å². The molecule has 3 nitrogen and oxygen atoms in total. The van der Waals surface area contributed by atoms with Crippen LogP contribution >= 0.6 is 23.2 Å². The number of aryl methyl sites for hydroxylation is 1. The van der Waals surface area contributed by atoms with E-state index in [1.54, 1.807) is 0 Å². The SMILES string of the molecule is O=S(=O)(N[C@@H]1CCc2ccccc21)c1cc(Cl)cc(Cl)c1. The molecule has 0 aliphatic heterocycles. The Labute approximate surface area is 133 Å². The molecule has 1 aliphatic carbocycles. The molecule has 1 N–H and O–H groups in total. The van der Waals surface area contributed by atoms with E-state index < -0.39 is 10.0 Å². The van der Waals surface area contributed by atoms with Crippen molar-refractivity contribution in [2.75, 3.05) is 0 Å². The van der Waals surface area contributed by atoms with Crippen LogP contribution in [-0.4, -0.2) is 8.42 Å². The molecule has 1 atom stereocenters. The minimum atomic E-state index is -3.65. The number of halogens is 2. The van der Waals surface area contributed by atoms with E-state index in [4.69, 9.17) is 23.2 Å². The van der Waals surface area contributed by atoms with Gasteiger partial charge in [0.05, 0.1) is 4.90 Å². The van der Waals surface area contributed by atoms with Crippen molar-refractivity contribution >= 4 is 33.2 Å². The predicted molar refractivity (Wildman–Crippen MR) is 84.3 cm³/mol. The standard InChI is InChI=1S/C15H13Cl2NO2S/c16-11-7-12(17)9-13(8-11)21(19,20)18-15-6-5-10-3-1-2-4-14(10)15/h1-4,7-9,15,18H,5-6H2/t15-/m1/s1. The van der Waals surface area contributed by atoms with Crippen molar-refractivity contribution in [3.8, 4) is 0 Å². The number of hydrogen-bond donors (Lipinski definition) is 1. The normalized spacial score (nSPS) is 17.7. The third-order valence-corrected chi connectivity index (χ3v) is 5.46. The van der Waals surface area contributed by atoms with Crippen molar-refractivity contribution in [3.63, 3.8) is 0 Å². The highest BCUT2D eigenvalue weighted by Gasteiger charge is 2.27. The lowest BCUT2D eigenvalue weighted by Gasteiger charge is -2.15. The highest BCUT2D eigenvalue weighted by Crippen LogP contribution is 2.32. The second kappa shape index (κ2) is 5.61. The molecule has 0 radical (unpaired) electrons. The van der Waals surface area contributed by atoms with Crippen LogP contribution in [0.4, 0.5) is 0 Å².